The molecule has 3 heteroatoms. The van der Waals surface area contributed by atoms with Gasteiger partial charge in [-0.2, -0.15) is 0 Å². The van der Waals surface area contributed by atoms with Gasteiger partial charge < -0.3 is 0 Å². The summed E-state index contributed by atoms with van der Waals surface area (Å²) < 4.78 is 14.4. The van der Waals surface area contributed by atoms with Crippen LogP contribution in [0.2, 0.25) is 0 Å². The fourth-order valence-electron chi connectivity index (χ4n) is 3.78. The van der Waals surface area contributed by atoms with E-state index in [9.17, 15) is 9.18 Å². The van der Waals surface area contributed by atoms with Gasteiger partial charge in [-0.3, -0.25) is 9.69 Å². The smallest absolute Gasteiger partial charge is 0.186 e. The molecule has 0 aliphatic heterocycles. The first-order chi connectivity index (χ1) is 9.78. The molecular formula is C18H26FNO. The third-order valence-corrected chi connectivity index (χ3v) is 4.91. The fraction of sp³-hybridized carbons (Fsp3) is 0.611. The van der Waals surface area contributed by atoms with Crippen LogP contribution in [0, 0.1) is 25.6 Å². The Morgan fingerprint density at radius 1 is 1.33 bits per heavy atom. The standard InChI is InChI=1S/C18H26FNO/c1-12-7-6-8-18(11-12,20(4)5)17(21)16-14(3)9-13(2)10-15(16)19/h9-10,12H,6-8,11H2,1-5H3. The normalized spacial score (nSPS) is 26.1. The number of ketones is 1. The van der Waals surface area contributed by atoms with Gasteiger partial charge in [-0.1, -0.05) is 25.8 Å². The molecule has 2 unspecified atom stereocenters. The molecule has 1 aliphatic carbocycles. The van der Waals surface area contributed by atoms with Crippen molar-refractivity contribution in [3.63, 3.8) is 0 Å². The molecular weight excluding hydrogens is 265 g/mol. The molecule has 1 fully saturated rings. The Balaban J connectivity index is 2.50. The number of likely N-dealkylation sites (N-methyl/N-ethyl adjacent to an activating group) is 1. The van der Waals surface area contributed by atoms with Gasteiger partial charge in [-0.05, 0) is 63.9 Å². The first-order valence-corrected chi connectivity index (χ1v) is 7.77. The number of hydrogen-bond acceptors (Lipinski definition) is 2. The van der Waals surface area contributed by atoms with Gasteiger partial charge in [-0.25, -0.2) is 4.39 Å². The van der Waals surface area contributed by atoms with Crippen LogP contribution in [0.25, 0.3) is 0 Å². The number of carbonyl (C=O) groups is 1. The van der Waals surface area contributed by atoms with Crippen molar-refractivity contribution in [2.45, 2.75) is 52.0 Å². The van der Waals surface area contributed by atoms with Crippen LogP contribution >= 0.6 is 0 Å². The zero-order valence-corrected chi connectivity index (χ0v) is 13.8. The number of rotatable bonds is 3. The molecule has 0 spiro atoms. The van der Waals surface area contributed by atoms with Gasteiger partial charge in [-0.15, -0.1) is 0 Å². The SMILES string of the molecule is Cc1cc(C)c(C(=O)C2(N(C)C)CCCC(C)C2)c(F)c1. The molecule has 1 aliphatic rings. The minimum absolute atomic E-state index is 0.0472. The zero-order valence-electron chi connectivity index (χ0n) is 13.8. The number of halogens is 1. The van der Waals surface area contributed by atoms with Gasteiger partial charge >= 0.3 is 0 Å². The summed E-state index contributed by atoms with van der Waals surface area (Å²) in [4.78, 5) is 15.2. The number of hydrogen-bond donors (Lipinski definition) is 0. The monoisotopic (exact) mass is 291 g/mol. The number of aryl methyl sites for hydroxylation is 2. The molecule has 21 heavy (non-hydrogen) atoms. The Hall–Kier alpha value is -1.22. The van der Waals surface area contributed by atoms with E-state index in [4.69, 9.17) is 0 Å². The van der Waals surface area contributed by atoms with Gasteiger partial charge in [0.2, 0.25) is 0 Å². The molecule has 0 N–H and O–H groups in total. The van der Waals surface area contributed by atoms with Crippen LogP contribution in [0.5, 0.6) is 0 Å². The minimum atomic E-state index is -0.557. The number of nitrogens with zero attached hydrogens (tertiary/aromatic N) is 1. The molecule has 116 valence electrons. The Morgan fingerprint density at radius 3 is 2.52 bits per heavy atom. The van der Waals surface area contributed by atoms with E-state index in [2.05, 4.69) is 6.92 Å². The van der Waals surface area contributed by atoms with Crippen molar-refractivity contribution in [3.05, 3.63) is 34.6 Å². The van der Waals surface area contributed by atoms with Crippen LogP contribution in [0.1, 0.15) is 54.1 Å². The van der Waals surface area contributed by atoms with E-state index in [1.54, 1.807) is 0 Å². The van der Waals surface area contributed by atoms with Gasteiger partial charge in [0.15, 0.2) is 5.78 Å². The second-order valence-electron chi connectivity index (χ2n) is 6.90. The van der Waals surface area contributed by atoms with E-state index in [1.807, 2.05) is 38.9 Å². The summed E-state index contributed by atoms with van der Waals surface area (Å²) in [6.07, 6.45) is 3.80. The topological polar surface area (TPSA) is 20.3 Å². The minimum Gasteiger partial charge on any atom is -0.297 e. The molecule has 0 radical (unpaired) electrons. The quantitative estimate of drug-likeness (QED) is 0.780. The molecule has 0 aromatic heterocycles. The van der Waals surface area contributed by atoms with Gasteiger partial charge in [0.25, 0.3) is 0 Å². The first kappa shape index (κ1) is 16.2. The molecule has 1 aromatic carbocycles. The number of carbonyl (C=O) groups excluding carboxylic acids is 1. The lowest BCUT2D eigenvalue weighted by atomic mass is 9.71. The summed E-state index contributed by atoms with van der Waals surface area (Å²) in [5, 5.41) is 0. The Labute approximate surface area is 127 Å². The summed E-state index contributed by atoms with van der Waals surface area (Å²) in [6.45, 7) is 5.87. The molecule has 0 bridgehead atoms. The van der Waals surface area contributed by atoms with E-state index in [0.717, 1.165) is 36.8 Å². The summed E-state index contributed by atoms with van der Waals surface area (Å²) in [7, 11) is 3.88. The highest BCUT2D eigenvalue weighted by Crippen LogP contribution is 2.39. The summed E-state index contributed by atoms with van der Waals surface area (Å²) >= 11 is 0. The van der Waals surface area contributed by atoms with Crippen LogP contribution in [-0.4, -0.2) is 30.3 Å². The third kappa shape index (κ3) is 2.89. The molecule has 0 amide bonds. The molecule has 2 nitrogen and oxygen atoms in total. The van der Waals surface area contributed by atoms with Crippen LogP contribution < -0.4 is 0 Å². The van der Waals surface area contributed by atoms with Crippen molar-refractivity contribution >= 4 is 5.78 Å². The first-order valence-electron chi connectivity index (χ1n) is 7.77. The number of benzene rings is 1. The maximum atomic E-state index is 14.4. The van der Waals surface area contributed by atoms with E-state index in [1.165, 1.54) is 6.07 Å². The second-order valence-corrected chi connectivity index (χ2v) is 6.90. The third-order valence-electron chi connectivity index (χ3n) is 4.91. The lowest BCUT2D eigenvalue weighted by Gasteiger charge is -2.44. The highest BCUT2D eigenvalue weighted by Gasteiger charge is 2.45. The zero-order chi connectivity index (χ0) is 15.8. The Kier molecular flexibility index (Phi) is 4.52. The molecule has 1 saturated carbocycles. The molecule has 1 aromatic rings. The van der Waals surface area contributed by atoms with Crippen molar-refractivity contribution in [1.29, 1.82) is 0 Å². The highest BCUT2D eigenvalue weighted by atomic mass is 19.1. The summed E-state index contributed by atoms with van der Waals surface area (Å²) in [5.41, 5.74) is 1.33. The highest BCUT2D eigenvalue weighted by molar-refractivity contribution is 6.04. The van der Waals surface area contributed by atoms with Crippen LogP contribution in [0.15, 0.2) is 12.1 Å². The van der Waals surface area contributed by atoms with E-state index in [-0.39, 0.29) is 17.2 Å². The molecule has 0 saturated heterocycles. The fourth-order valence-corrected chi connectivity index (χ4v) is 3.78. The lowest BCUT2D eigenvalue weighted by Crippen LogP contribution is -2.54. The van der Waals surface area contributed by atoms with E-state index in [0.29, 0.717) is 5.92 Å². The van der Waals surface area contributed by atoms with Crippen molar-refractivity contribution in [2.75, 3.05) is 14.1 Å². The van der Waals surface area contributed by atoms with Gasteiger partial charge in [0, 0.05) is 0 Å². The van der Waals surface area contributed by atoms with Crippen LogP contribution in [-0.2, 0) is 0 Å². The van der Waals surface area contributed by atoms with Gasteiger partial charge in [0.05, 0.1) is 11.1 Å². The maximum Gasteiger partial charge on any atom is 0.186 e. The van der Waals surface area contributed by atoms with Crippen molar-refractivity contribution in [3.8, 4) is 0 Å². The predicted molar refractivity (Wildman–Crippen MR) is 84.3 cm³/mol. The van der Waals surface area contributed by atoms with Crippen LogP contribution in [0.4, 0.5) is 4.39 Å². The summed E-state index contributed by atoms with van der Waals surface area (Å²) in [5.74, 6) is 0.0740. The average molecular weight is 291 g/mol. The van der Waals surface area contributed by atoms with Crippen molar-refractivity contribution < 1.29 is 9.18 Å². The van der Waals surface area contributed by atoms with Crippen molar-refractivity contribution in [1.82, 2.24) is 4.90 Å². The maximum absolute atomic E-state index is 14.4. The van der Waals surface area contributed by atoms with Crippen molar-refractivity contribution in [2.24, 2.45) is 5.92 Å². The largest absolute Gasteiger partial charge is 0.297 e. The number of Topliss-reactive ketones (excluding diaryl/α,β-unsaturated/α-hetero) is 1. The second kappa shape index (κ2) is 5.88. The average Bonchev–Trinajstić information content (AvgIpc) is 2.36. The van der Waals surface area contributed by atoms with Crippen LogP contribution in [0.3, 0.4) is 0 Å². The van der Waals surface area contributed by atoms with Gasteiger partial charge in [0.1, 0.15) is 5.82 Å². The Bertz CT molecular complexity index is 529. The van der Waals surface area contributed by atoms with E-state index < -0.39 is 5.54 Å². The molecule has 2 atom stereocenters. The molecule has 0 heterocycles. The Morgan fingerprint density at radius 2 is 2.00 bits per heavy atom. The predicted octanol–water partition coefficient (Wildman–Crippen LogP) is 4.14. The summed E-state index contributed by atoms with van der Waals surface area (Å²) in [6, 6.07) is 3.36. The lowest BCUT2D eigenvalue weighted by molar-refractivity contribution is 0.0481. The van der Waals surface area contributed by atoms with E-state index >= 15 is 0 Å². The molecule has 2 rings (SSSR count).